The number of halogens is 7. The Hall–Kier alpha value is -1.92. The third-order valence-corrected chi connectivity index (χ3v) is 8.48. The average molecular weight is 714 g/mol. The molecular formula is C30H39BrCl2F4N4O2. The van der Waals surface area contributed by atoms with Gasteiger partial charge >= 0.3 is 6.18 Å². The molecule has 43 heavy (non-hydrogen) atoms. The fraction of sp³-hybridized carbons (Fsp3) is 0.533. The summed E-state index contributed by atoms with van der Waals surface area (Å²) in [5.74, 6) is -0.773. The molecule has 1 atom stereocenters. The summed E-state index contributed by atoms with van der Waals surface area (Å²) in [5.41, 5.74) is -0.0638. The zero-order chi connectivity index (χ0) is 29.9. The van der Waals surface area contributed by atoms with Crippen LogP contribution in [0.3, 0.4) is 0 Å². The third-order valence-electron chi connectivity index (χ3n) is 8.02. The van der Waals surface area contributed by atoms with Crippen molar-refractivity contribution in [1.29, 1.82) is 0 Å². The molecule has 2 amide bonds. The number of hydrogen-bond acceptors (Lipinski definition) is 4. The van der Waals surface area contributed by atoms with Gasteiger partial charge in [0.1, 0.15) is 5.82 Å². The summed E-state index contributed by atoms with van der Waals surface area (Å²) in [6.45, 7) is 9.99. The van der Waals surface area contributed by atoms with E-state index in [1.807, 2.05) is 18.7 Å². The predicted molar refractivity (Wildman–Crippen MR) is 168 cm³/mol. The van der Waals surface area contributed by atoms with Crippen molar-refractivity contribution in [3.63, 3.8) is 0 Å². The van der Waals surface area contributed by atoms with Gasteiger partial charge in [-0.1, -0.05) is 41.9 Å². The van der Waals surface area contributed by atoms with Crippen LogP contribution in [-0.2, 0) is 11.0 Å². The predicted octanol–water partition coefficient (Wildman–Crippen LogP) is 6.18. The largest absolute Gasteiger partial charge is 0.416 e. The molecule has 0 spiro atoms. The van der Waals surface area contributed by atoms with E-state index in [0.717, 1.165) is 63.5 Å². The zero-order valence-corrected chi connectivity index (χ0v) is 27.7. The number of carbonyl (C=O) groups excluding carboxylic acids is 2. The monoisotopic (exact) mass is 712 g/mol. The highest BCUT2D eigenvalue weighted by Crippen LogP contribution is 2.33. The van der Waals surface area contributed by atoms with Crippen molar-refractivity contribution in [2.75, 3.05) is 59.4 Å². The molecule has 0 saturated carbocycles. The Kier molecular flexibility index (Phi) is 13.8. The van der Waals surface area contributed by atoms with E-state index in [1.165, 1.54) is 23.1 Å². The number of hydrogen-bond donors (Lipinski definition) is 0. The molecule has 2 aromatic carbocycles. The first-order valence-electron chi connectivity index (χ1n) is 14.0. The SMILES string of the molecule is CC(C)C(=O)N1CCN(C2CN(CC[C@H](CN(C)C(=O)c3cc(Br)cc(C(F)(F)F)c3)c3ccc(F)cc3)C2)CC1.Cl.Cl. The highest BCUT2D eigenvalue weighted by atomic mass is 79.9. The number of likely N-dealkylation sites (N-methyl/N-ethyl adjacent to an activating group) is 1. The van der Waals surface area contributed by atoms with Gasteiger partial charge in [0.25, 0.3) is 5.91 Å². The quantitative estimate of drug-likeness (QED) is 0.292. The van der Waals surface area contributed by atoms with Gasteiger partial charge in [-0.15, -0.1) is 24.8 Å². The van der Waals surface area contributed by atoms with Crippen LogP contribution in [-0.4, -0.2) is 96.9 Å². The van der Waals surface area contributed by atoms with Crippen LogP contribution in [0.4, 0.5) is 17.6 Å². The Labute approximate surface area is 271 Å². The number of benzene rings is 2. The molecule has 2 heterocycles. The summed E-state index contributed by atoms with van der Waals surface area (Å²) < 4.78 is 53.8. The first-order valence-corrected chi connectivity index (χ1v) is 14.7. The van der Waals surface area contributed by atoms with Crippen LogP contribution >= 0.6 is 40.7 Å². The molecule has 4 rings (SSSR count). The number of piperazine rings is 1. The third kappa shape index (κ3) is 9.78. The summed E-state index contributed by atoms with van der Waals surface area (Å²) in [5, 5.41) is 0. The molecule has 2 aliphatic rings. The van der Waals surface area contributed by atoms with Gasteiger partial charge in [-0.2, -0.15) is 13.2 Å². The Morgan fingerprint density at radius 1 is 1.00 bits per heavy atom. The summed E-state index contributed by atoms with van der Waals surface area (Å²) in [6, 6.07) is 9.83. The Morgan fingerprint density at radius 2 is 1.60 bits per heavy atom. The maximum Gasteiger partial charge on any atom is 0.416 e. The van der Waals surface area contributed by atoms with Crippen molar-refractivity contribution in [1.82, 2.24) is 19.6 Å². The minimum absolute atomic E-state index is 0. The van der Waals surface area contributed by atoms with Gasteiger partial charge in [0, 0.05) is 80.8 Å². The normalized spacial score (nSPS) is 17.1. The van der Waals surface area contributed by atoms with E-state index < -0.39 is 17.6 Å². The molecule has 0 N–H and O–H groups in total. The Balaban J connectivity index is 0.00000323. The molecule has 0 aliphatic carbocycles. The summed E-state index contributed by atoms with van der Waals surface area (Å²) in [7, 11) is 1.58. The van der Waals surface area contributed by atoms with E-state index in [0.29, 0.717) is 12.5 Å². The van der Waals surface area contributed by atoms with Gasteiger partial charge in [-0.25, -0.2) is 4.39 Å². The van der Waals surface area contributed by atoms with E-state index in [1.54, 1.807) is 19.2 Å². The molecule has 0 aromatic heterocycles. The molecule has 240 valence electrons. The number of alkyl halides is 3. The van der Waals surface area contributed by atoms with Gasteiger partial charge < -0.3 is 14.7 Å². The van der Waals surface area contributed by atoms with Crippen molar-refractivity contribution in [2.24, 2.45) is 5.92 Å². The van der Waals surface area contributed by atoms with Gasteiger partial charge in [-0.05, 0) is 48.9 Å². The van der Waals surface area contributed by atoms with Crippen molar-refractivity contribution >= 4 is 52.6 Å². The van der Waals surface area contributed by atoms with E-state index in [4.69, 9.17) is 0 Å². The topological polar surface area (TPSA) is 47.1 Å². The maximum atomic E-state index is 13.6. The molecule has 2 saturated heterocycles. The highest BCUT2D eigenvalue weighted by molar-refractivity contribution is 9.10. The number of amides is 2. The molecule has 6 nitrogen and oxygen atoms in total. The highest BCUT2D eigenvalue weighted by Gasteiger charge is 2.35. The second-order valence-electron chi connectivity index (χ2n) is 11.4. The van der Waals surface area contributed by atoms with Crippen LogP contribution in [0.5, 0.6) is 0 Å². The number of nitrogens with zero attached hydrogens (tertiary/aromatic N) is 4. The summed E-state index contributed by atoms with van der Waals surface area (Å²) in [4.78, 5) is 33.6. The van der Waals surface area contributed by atoms with E-state index in [9.17, 15) is 27.2 Å². The van der Waals surface area contributed by atoms with Gasteiger partial charge in [-0.3, -0.25) is 14.5 Å². The van der Waals surface area contributed by atoms with Crippen LogP contribution in [0.1, 0.15) is 47.7 Å². The van der Waals surface area contributed by atoms with Gasteiger partial charge in [0.05, 0.1) is 5.56 Å². The lowest BCUT2D eigenvalue weighted by atomic mass is 9.93. The number of likely N-dealkylation sites (tertiary alicyclic amines) is 1. The minimum atomic E-state index is -4.57. The second kappa shape index (κ2) is 15.9. The fourth-order valence-corrected chi connectivity index (χ4v) is 6.07. The molecule has 0 bridgehead atoms. The van der Waals surface area contributed by atoms with Crippen molar-refractivity contribution in [2.45, 2.75) is 38.4 Å². The lowest BCUT2D eigenvalue weighted by Crippen LogP contribution is -2.63. The lowest BCUT2D eigenvalue weighted by Gasteiger charge is -2.48. The minimum Gasteiger partial charge on any atom is -0.341 e. The first kappa shape index (κ1) is 37.3. The van der Waals surface area contributed by atoms with E-state index in [-0.39, 0.29) is 65.0 Å². The van der Waals surface area contributed by atoms with E-state index >= 15 is 0 Å². The average Bonchev–Trinajstić information content (AvgIpc) is 2.90. The number of carbonyl (C=O) groups is 2. The maximum absolute atomic E-state index is 13.6. The van der Waals surface area contributed by atoms with Crippen molar-refractivity contribution < 1.29 is 27.2 Å². The molecule has 2 fully saturated rings. The Bertz CT molecular complexity index is 1220. The van der Waals surface area contributed by atoms with Gasteiger partial charge in [0.2, 0.25) is 5.91 Å². The zero-order valence-electron chi connectivity index (χ0n) is 24.4. The summed E-state index contributed by atoms with van der Waals surface area (Å²) in [6.07, 6.45) is -3.86. The van der Waals surface area contributed by atoms with Crippen molar-refractivity contribution in [3.8, 4) is 0 Å². The van der Waals surface area contributed by atoms with Crippen LogP contribution < -0.4 is 0 Å². The number of rotatable bonds is 9. The van der Waals surface area contributed by atoms with Crippen LogP contribution in [0.15, 0.2) is 46.9 Å². The van der Waals surface area contributed by atoms with Gasteiger partial charge in [0.15, 0.2) is 0 Å². The Morgan fingerprint density at radius 3 is 2.16 bits per heavy atom. The molecule has 0 radical (unpaired) electrons. The van der Waals surface area contributed by atoms with Crippen LogP contribution in [0.2, 0.25) is 0 Å². The standard InChI is InChI=1S/C30H37BrF4N4O2.2ClH/c1-20(2)28(40)39-12-10-38(11-13-39)27-18-37(19-27)9-8-22(21-4-6-26(32)7-5-21)17-36(3)29(41)23-14-24(30(33,34)35)16-25(31)15-23;;/h4-7,14-16,20,22,27H,8-13,17-19H2,1-3H3;2*1H/t22-;;/m1../s1. The van der Waals surface area contributed by atoms with Crippen LogP contribution in [0.25, 0.3) is 0 Å². The first-order chi connectivity index (χ1) is 19.3. The van der Waals surface area contributed by atoms with Crippen LogP contribution in [0, 0.1) is 11.7 Å². The molecule has 2 aromatic rings. The smallest absolute Gasteiger partial charge is 0.341 e. The molecule has 2 aliphatic heterocycles. The molecular weight excluding hydrogens is 675 g/mol. The van der Waals surface area contributed by atoms with E-state index in [2.05, 4.69) is 25.7 Å². The fourth-order valence-electron chi connectivity index (χ4n) is 5.58. The molecule has 0 unspecified atom stereocenters. The lowest BCUT2D eigenvalue weighted by molar-refractivity contribution is -0.138. The molecule has 13 heteroatoms. The van der Waals surface area contributed by atoms with Crippen molar-refractivity contribution in [3.05, 3.63) is 69.4 Å². The second-order valence-corrected chi connectivity index (χ2v) is 12.3. The summed E-state index contributed by atoms with van der Waals surface area (Å²) >= 11 is 3.09.